The molecule has 0 aromatic carbocycles. The number of rotatable bonds is 2. The van der Waals surface area contributed by atoms with E-state index in [2.05, 4.69) is 9.88 Å². The molecule has 1 aromatic heterocycles. The van der Waals surface area contributed by atoms with E-state index in [-0.39, 0.29) is 0 Å². The van der Waals surface area contributed by atoms with E-state index in [1.165, 1.54) is 0 Å². The molecule has 0 aliphatic carbocycles. The van der Waals surface area contributed by atoms with Gasteiger partial charge < -0.3 is 10.6 Å². The van der Waals surface area contributed by atoms with Crippen molar-refractivity contribution >= 4 is 16.6 Å². The number of nitrogens with zero attached hydrogens (tertiary/aromatic N) is 2. The van der Waals surface area contributed by atoms with Gasteiger partial charge in [-0.25, -0.2) is 4.98 Å². The number of hydrogen-bond acceptors (Lipinski definition) is 4. The molecular formula is C10H15N3OS. The summed E-state index contributed by atoms with van der Waals surface area (Å²) in [5.74, 6) is 2.44. The number of aromatic nitrogens is 1. The highest BCUT2D eigenvalue weighted by Crippen LogP contribution is 2.14. The summed E-state index contributed by atoms with van der Waals surface area (Å²) in [5, 5.41) is 0. The van der Waals surface area contributed by atoms with Gasteiger partial charge in [0.15, 0.2) is 0 Å². The third kappa shape index (κ3) is 2.54. The fourth-order valence-corrected chi connectivity index (χ4v) is 2.68. The molecule has 2 rings (SSSR count). The third-order valence-electron chi connectivity index (χ3n) is 2.55. The molecule has 4 nitrogen and oxygen atoms in total. The molecule has 1 aromatic rings. The van der Waals surface area contributed by atoms with Crippen LogP contribution in [-0.2, 0) is 17.3 Å². The van der Waals surface area contributed by atoms with Crippen LogP contribution >= 0.6 is 0 Å². The molecule has 0 amide bonds. The summed E-state index contributed by atoms with van der Waals surface area (Å²) in [4.78, 5) is 6.47. The molecule has 0 atom stereocenters. The standard InChI is InChI=1S/C10H15N3OS/c11-8-9-1-2-12-10(7-9)13-3-5-15(14)6-4-13/h1-2,7H,3-6,8,11H2. The molecule has 0 unspecified atom stereocenters. The second-order valence-electron chi connectivity index (χ2n) is 3.56. The van der Waals surface area contributed by atoms with Crippen LogP contribution in [-0.4, -0.2) is 33.8 Å². The maximum atomic E-state index is 11.2. The fourth-order valence-electron chi connectivity index (χ4n) is 1.63. The summed E-state index contributed by atoms with van der Waals surface area (Å²) in [7, 11) is -0.636. The number of pyridine rings is 1. The zero-order valence-electron chi connectivity index (χ0n) is 8.56. The summed E-state index contributed by atoms with van der Waals surface area (Å²) in [6.45, 7) is 2.19. The monoisotopic (exact) mass is 225 g/mol. The molecule has 5 heteroatoms. The van der Waals surface area contributed by atoms with E-state index in [0.717, 1.165) is 36.0 Å². The lowest BCUT2D eigenvalue weighted by Crippen LogP contribution is -2.38. The third-order valence-corrected chi connectivity index (χ3v) is 3.82. The van der Waals surface area contributed by atoms with Gasteiger partial charge in [0.25, 0.3) is 0 Å². The number of nitrogens with two attached hydrogens (primary N) is 1. The van der Waals surface area contributed by atoms with Gasteiger partial charge in [0.05, 0.1) is 0 Å². The summed E-state index contributed by atoms with van der Waals surface area (Å²) in [6, 6.07) is 3.93. The van der Waals surface area contributed by atoms with Crippen LogP contribution in [0.2, 0.25) is 0 Å². The molecule has 1 saturated heterocycles. The smallest absolute Gasteiger partial charge is 0.128 e. The van der Waals surface area contributed by atoms with Crippen molar-refractivity contribution in [3.63, 3.8) is 0 Å². The summed E-state index contributed by atoms with van der Waals surface area (Å²) in [5.41, 5.74) is 6.66. The van der Waals surface area contributed by atoms with Crippen LogP contribution in [0.5, 0.6) is 0 Å². The second kappa shape index (κ2) is 4.72. The van der Waals surface area contributed by atoms with Crippen molar-refractivity contribution in [3.05, 3.63) is 23.9 Å². The number of anilines is 1. The van der Waals surface area contributed by atoms with Crippen molar-refractivity contribution in [1.82, 2.24) is 4.98 Å². The van der Waals surface area contributed by atoms with Gasteiger partial charge >= 0.3 is 0 Å². The van der Waals surface area contributed by atoms with E-state index in [4.69, 9.17) is 5.73 Å². The zero-order valence-corrected chi connectivity index (χ0v) is 9.37. The Morgan fingerprint density at radius 3 is 2.87 bits per heavy atom. The minimum atomic E-state index is -0.636. The SMILES string of the molecule is NCc1ccnc(N2CCS(=O)CC2)c1. The van der Waals surface area contributed by atoms with Gasteiger partial charge in [-0.05, 0) is 17.7 Å². The van der Waals surface area contributed by atoms with Gasteiger partial charge in [-0.2, -0.15) is 0 Å². The second-order valence-corrected chi connectivity index (χ2v) is 5.26. The Bertz CT molecular complexity index is 359. The van der Waals surface area contributed by atoms with Crippen molar-refractivity contribution in [1.29, 1.82) is 0 Å². The van der Waals surface area contributed by atoms with Crippen molar-refractivity contribution in [2.24, 2.45) is 5.73 Å². The lowest BCUT2D eigenvalue weighted by molar-refractivity contribution is 0.672. The molecule has 0 spiro atoms. The molecule has 0 saturated carbocycles. The average molecular weight is 225 g/mol. The zero-order chi connectivity index (χ0) is 10.7. The van der Waals surface area contributed by atoms with Crippen LogP contribution in [0.1, 0.15) is 5.56 Å². The Morgan fingerprint density at radius 2 is 2.20 bits per heavy atom. The maximum absolute atomic E-state index is 11.2. The Morgan fingerprint density at radius 1 is 1.47 bits per heavy atom. The van der Waals surface area contributed by atoms with E-state index >= 15 is 0 Å². The molecular weight excluding hydrogens is 210 g/mol. The summed E-state index contributed by atoms with van der Waals surface area (Å²) >= 11 is 0. The Labute approximate surface area is 91.9 Å². The molecule has 1 aliphatic rings. The van der Waals surface area contributed by atoms with E-state index in [0.29, 0.717) is 6.54 Å². The van der Waals surface area contributed by atoms with Crippen LogP contribution < -0.4 is 10.6 Å². The first kappa shape index (κ1) is 10.6. The van der Waals surface area contributed by atoms with Gasteiger partial charge in [0, 0.05) is 48.1 Å². The van der Waals surface area contributed by atoms with Gasteiger partial charge in [-0.1, -0.05) is 0 Å². The van der Waals surface area contributed by atoms with Crippen molar-refractivity contribution in [2.45, 2.75) is 6.54 Å². The predicted octanol–water partition coefficient (Wildman–Crippen LogP) is 0.109. The molecule has 82 valence electrons. The maximum Gasteiger partial charge on any atom is 0.128 e. The molecule has 2 heterocycles. The highest BCUT2D eigenvalue weighted by Gasteiger charge is 2.16. The number of hydrogen-bond donors (Lipinski definition) is 1. The molecule has 0 radical (unpaired) electrons. The van der Waals surface area contributed by atoms with E-state index in [1.807, 2.05) is 12.1 Å². The van der Waals surface area contributed by atoms with Gasteiger partial charge in [-0.3, -0.25) is 4.21 Å². The van der Waals surface area contributed by atoms with Gasteiger partial charge in [-0.15, -0.1) is 0 Å². The van der Waals surface area contributed by atoms with Crippen LogP contribution in [0.25, 0.3) is 0 Å². The molecule has 0 bridgehead atoms. The largest absolute Gasteiger partial charge is 0.355 e. The lowest BCUT2D eigenvalue weighted by Gasteiger charge is -2.27. The highest BCUT2D eigenvalue weighted by atomic mass is 32.2. The first-order valence-corrected chi connectivity index (χ1v) is 6.53. The Hall–Kier alpha value is -0.940. The topological polar surface area (TPSA) is 59.2 Å². The van der Waals surface area contributed by atoms with Crippen LogP contribution in [0.4, 0.5) is 5.82 Å². The molecule has 1 fully saturated rings. The normalized spacial score (nSPS) is 18.1. The highest BCUT2D eigenvalue weighted by molar-refractivity contribution is 7.85. The van der Waals surface area contributed by atoms with E-state index < -0.39 is 10.8 Å². The van der Waals surface area contributed by atoms with Crippen molar-refractivity contribution < 1.29 is 4.21 Å². The Balaban J connectivity index is 2.11. The molecule has 15 heavy (non-hydrogen) atoms. The first-order chi connectivity index (χ1) is 7.29. The predicted molar refractivity (Wildman–Crippen MR) is 62.2 cm³/mol. The minimum absolute atomic E-state index is 0.537. The minimum Gasteiger partial charge on any atom is -0.355 e. The van der Waals surface area contributed by atoms with Crippen molar-refractivity contribution in [2.75, 3.05) is 29.5 Å². The summed E-state index contributed by atoms with van der Waals surface area (Å²) < 4.78 is 11.2. The molecule has 1 aliphatic heterocycles. The molecule has 2 N–H and O–H groups in total. The van der Waals surface area contributed by atoms with Crippen LogP contribution in [0.3, 0.4) is 0 Å². The fraction of sp³-hybridized carbons (Fsp3) is 0.500. The van der Waals surface area contributed by atoms with Gasteiger partial charge in [0.2, 0.25) is 0 Å². The van der Waals surface area contributed by atoms with E-state index in [9.17, 15) is 4.21 Å². The average Bonchev–Trinajstić information content (AvgIpc) is 2.30. The summed E-state index contributed by atoms with van der Waals surface area (Å²) in [6.07, 6.45) is 1.78. The van der Waals surface area contributed by atoms with Crippen molar-refractivity contribution in [3.8, 4) is 0 Å². The van der Waals surface area contributed by atoms with Gasteiger partial charge in [0.1, 0.15) is 5.82 Å². The van der Waals surface area contributed by atoms with Crippen LogP contribution in [0, 0.1) is 0 Å². The first-order valence-electron chi connectivity index (χ1n) is 5.04. The Kier molecular flexibility index (Phi) is 3.33. The lowest BCUT2D eigenvalue weighted by atomic mass is 10.2. The van der Waals surface area contributed by atoms with Crippen LogP contribution in [0.15, 0.2) is 18.3 Å². The van der Waals surface area contributed by atoms with E-state index in [1.54, 1.807) is 6.20 Å². The quantitative estimate of drug-likeness (QED) is 0.776.